The molecule has 3 nitrogen and oxygen atoms in total. The number of carbonyl (C=O) groups is 1. The molecule has 1 aliphatic carbocycles. The standard InChI is InChI=1S/C10H13NO2/c11-7-6-9(10(12)13)8-4-2-1-3-5-8/h6,8H,1-5H2,(H,12,13). The van der Waals surface area contributed by atoms with Gasteiger partial charge in [0.05, 0.1) is 11.6 Å². The molecule has 1 saturated carbocycles. The van der Waals surface area contributed by atoms with Crippen LogP contribution in [0.2, 0.25) is 0 Å². The molecule has 3 heteroatoms. The molecule has 0 aromatic carbocycles. The van der Waals surface area contributed by atoms with E-state index in [1.54, 1.807) is 6.07 Å². The summed E-state index contributed by atoms with van der Waals surface area (Å²) in [6.45, 7) is 0. The van der Waals surface area contributed by atoms with Gasteiger partial charge in [-0.1, -0.05) is 19.3 Å². The van der Waals surface area contributed by atoms with Crippen LogP contribution in [-0.2, 0) is 4.79 Å². The Bertz CT molecular complexity index is 257. The van der Waals surface area contributed by atoms with E-state index >= 15 is 0 Å². The van der Waals surface area contributed by atoms with E-state index < -0.39 is 5.97 Å². The van der Waals surface area contributed by atoms with Crippen LogP contribution in [0, 0.1) is 17.2 Å². The minimum absolute atomic E-state index is 0.103. The van der Waals surface area contributed by atoms with Crippen molar-refractivity contribution in [3.8, 4) is 6.07 Å². The van der Waals surface area contributed by atoms with Gasteiger partial charge in [0.15, 0.2) is 0 Å². The second kappa shape index (κ2) is 4.66. The lowest BCUT2D eigenvalue weighted by atomic mass is 9.83. The van der Waals surface area contributed by atoms with Gasteiger partial charge in [-0.05, 0) is 18.8 Å². The molecule has 0 unspecified atom stereocenters. The van der Waals surface area contributed by atoms with Gasteiger partial charge in [-0.3, -0.25) is 0 Å². The number of hydrogen-bond acceptors (Lipinski definition) is 2. The maximum Gasteiger partial charge on any atom is 0.332 e. The highest BCUT2D eigenvalue weighted by Gasteiger charge is 2.22. The van der Waals surface area contributed by atoms with Crippen molar-refractivity contribution in [3.63, 3.8) is 0 Å². The lowest BCUT2D eigenvalue weighted by Gasteiger charge is -2.21. The smallest absolute Gasteiger partial charge is 0.332 e. The largest absolute Gasteiger partial charge is 0.478 e. The number of carboxylic acid groups (broad SMARTS) is 1. The Morgan fingerprint density at radius 3 is 2.46 bits per heavy atom. The van der Waals surface area contributed by atoms with E-state index in [9.17, 15) is 4.79 Å². The van der Waals surface area contributed by atoms with Gasteiger partial charge in [0.1, 0.15) is 0 Å². The number of allylic oxidation sites excluding steroid dienone is 1. The molecule has 0 bridgehead atoms. The minimum Gasteiger partial charge on any atom is -0.478 e. The molecule has 1 N–H and O–H groups in total. The van der Waals surface area contributed by atoms with Gasteiger partial charge in [0, 0.05) is 6.08 Å². The number of carboxylic acids is 1. The number of aliphatic carboxylic acids is 1. The zero-order chi connectivity index (χ0) is 9.68. The van der Waals surface area contributed by atoms with Crippen molar-refractivity contribution in [1.82, 2.24) is 0 Å². The van der Waals surface area contributed by atoms with E-state index in [0.29, 0.717) is 5.57 Å². The van der Waals surface area contributed by atoms with E-state index in [4.69, 9.17) is 10.4 Å². The number of hydrogen-bond donors (Lipinski definition) is 1. The van der Waals surface area contributed by atoms with Crippen LogP contribution in [0.15, 0.2) is 11.6 Å². The first-order chi connectivity index (χ1) is 6.25. The van der Waals surface area contributed by atoms with Gasteiger partial charge < -0.3 is 5.11 Å². The third kappa shape index (κ3) is 2.59. The normalized spacial score (nSPS) is 19.5. The highest BCUT2D eigenvalue weighted by Crippen LogP contribution is 2.29. The first-order valence-corrected chi connectivity index (χ1v) is 4.58. The predicted molar refractivity (Wildman–Crippen MR) is 47.9 cm³/mol. The van der Waals surface area contributed by atoms with Gasteiger partial charge in [-0.2, -0.15) is 5.26 Å². The van der Waals surface area contributed by atoms with Gasteiger partial charge in [-0.15, -0.1) is 0 Å². The number of rotatable bonds is 2. The molecule has 1 rings (SSSR count). The fourth-order valence-electron chi connectivity index (χ4n) is 1.84. The molecule has 1 aliphatic rings. The summed E-state index contributed by atoms with van der Waals surface area (Å²) in [4.78, 5) is 10.8. The molecule has 1 fully saturated rings. The highest BCUT2D eigenvalue weighted by atomic mass is 16.4. The zero-order valence-electron chi connectivity index (χ0n) is 7.49. The van der Waals surface area contributed by atoms with Crippen molar-refractivity contribution in [2.75, 3.05) is 0 Å². The Morgan fingerprint density at radius 2 is 2.00 bits per heavy atom. The minimum atomic E-state index is -0.937. The van der Waals surface area contributed by atoms with Gasteiger partial charge >= 0.3 is 5.97 Å². The van der Waals surface area contributed by atoms with Crippen LogP contribution in [0.1, 0.15) is 32.1 Å². The lowest BCUT2D eigenvalue weighted by molar-refractivity contribution is -0.133. The summed E-state index contributed by atoms with van der Waals surface area (Å²) in [5.41, 5.74) is 0.294. The first kappa shape index (κ1) is 9.79. The fourth-order valence-corrected chi connectivity index (χ4v) is 1.84. The van der Waals surface area contributed by atoms with Crippen LogP contribution in [0.5, 0.6) is 0 Å². The molecular formula is C10H13NO2. The topological polar surface area (TPSA) is 61.1 Å². The predicted octanol–water partition coefficient (Wildman–Crippen LogP) is 2.10. The molecule has 0 heterocycles. The van der Waals surface area contributed by atoms with Crippen LogP contribution in [-0.4, -0.2) is 11.1 Å². The molecule has 0 saturated heterocycles. The molecule has 0 amide bonds. The first-order valence-electron chi connectivity index (χ1n) is 4.58. The number of nitriles is 1. The van der Waals surface area contributed by atoms with E-state index in [-0.39, 0.29) is 5.92 Å². The molecule has 13 heavy (non-hydrogen) atoms. The van der Waals surface area contributed by atoms with Crippen LogP contribution in [0.3, 0.4) is 0 Å². The molecule has 70 valence electrons. The van der Waals surface area contributed by atoms with Crippen LogP contribution in [0.4, 0.5) is 0 Å². The maximum absolute atomic E-state index is 10.8. The van der Waals surface area contributed by atoms with Gasteiger partial charge in [0.25, 0.3) is 0 Å². The average molecular weight is 179 g/mol. The van der Waals surface area contributed by atoms with E-state index in [0.717, 1.165) is 25.7 Å². The summed E-state index contributed by atoms with van der Waals surface area (Å²) in [6, 6.07) is 1.80. The fraction of sp³-hybridized carbons (Fsp3) is 0.600. The summed E-state index contributed by atoms with van der Waals surface area (Å²) < 4.78 is 0. The summed E-state index contributed by atoms with van der Waals surface area (Å²) >= 11 is 0. The second-order valence-corrected chi connectivity index (χ2v) is 3.37. The Balaban J connectivity index is 2.70. The summed E-state index contributed by atoms with van der Waals surface area (Å²) in [5.74, 6) is -0.834. The lowest BCUT2D eigenvalue weighted by Crippen LogP contribution is -2.15. The molecule has 0 radical (unpaired) electrons. The number of nitrogens with zero attached hydrogens (tertiary/aromatic N) is 1. The molecule has 0 aliphatic heterocycles. The van der Waals surface area contributed by atoms with Crippen molar-refractivity contribution in [1.29, 1.82) is 5.26 Å². The SMILES string of the molecule is N#CC=C(C(=O)O)C1CCCCC1. The Hall–Kier alpha value is -1.30. The summed E-state index contributed by atoms with van der Waals surface area (Å²) in [5, 5.41) is 17.3. The van der Waals surface area contributed by atoms with Crippen LogP contribution in [0.25, 0.3) is 0 Å². The van der Waals surface area contributed by atoms with Crippen LogP contribution >= 0.6 is 0 Å². The highest BCUT2D eigenvalue weighted by molar-refractivity contribution is 5.87. The van der Waals surface area contributed by atoms with Gasteiger partial charge in [0.2, 0.25) is 0 Å². The average Bonchev–Trinajstić information content (AvgIpc) is 2.15. The second-order valence-electron chi connectivity index (χ2n) is 3.37. The molecular weight excluding hydrogens is 166 g/mol. The van der Waals surface area contributed by atoms with Crippen molar-refractivity contribution < 1.29 is 9.90 Å². The van der Waals surface area contributed by atoms with E-state index in [2.05, 4.69) is 0 Å². The van der Waals surface area contributed by atoms with Crippen molar-refractivity contribution in [3.05, 3.63) is 11.6 Å². The summed E-state index contributed by atoms with van der Waals surface area (Å²) in [6.07, 6.45) is 6.37. The quantitative estimate of drug-likeness (QED) is 0.521. The maximum atomic E-state index is 10.8. The molecule has 0 atom stereocenters. The van der Waals surface area contributed by atoms with Crippen molar-refractivity contribution >= 4 is 5.97 Å². The Kier molecular flexibility index (Phi) is 3.51. The monoisotopic (exact) mass is 179 g/mol. The molecule has 0 aromatic heterocycles. The van der Waals surface area contributed by atoms with Crippen molar-refractivity contribution in [2.45, 2.75) is 32.1 Å². The third-order valence-electron chi connectivity index (χ3n) is 2.51. The molecule has 0 spiro atoms. The zero-order valence-corrected chi connectivity index (χ0v) is 7.49. The third-order valence-corrected chi connectivity index (χ3v) is 2.51. The Labute approximate surface area is 77.7 Å². The van der Waals surface area contributed by atoms with Crippen molar-refractivity contribution in [2.24, 2.45) is 5.92 Å². The van der Waals surface area contributed by atoms with Crippen LogP contribution < -0.4 is 0 Å². The van der Waals surface area contributed by atoms with E-state index in [1.165, 1.54) is 12.5 Å². The molecule has 0 aromatic rings. The Morgan fingerprint density at radius 1 is 1.38 bits per heavy atom. The van der Waals surface area contributed by atoms with Gasteiger partial charge in [-0.25, -0.2) is 4.79 Å². The summed E-state index contributed by atoms with van der Waals surface area (Å²) in [7, 11) is 0. The van der Waals surface area contributed by atoms with E-state index in [1.807, 2.05) is 0 Å².